The topological polar surface area (TPSA) is 0 Å². The summed E-state index contributed by atoms with van der Waals surface area (Å²) in [4.78, 5) is 0. The average molecular weight is 174 g/mol. The average Bonchev–Trinajstić information content (AvgIpc) is 2.88. The fraction of sp³-hybridized carbons (Fsp3) is 1.00. The van der Waals surface area contributed by atoms with Crippen molar-refractivity contribution in [2.24, 2.45) is 11.8 Å². The van der Waals surface area contributed by atoms with Crippen LogP contribution in [0.3, 0.4) is 0 Å². The van der Waals surface area contributed by atoms with Crippen molar-refractivity contribution in [2.45, 2.75) is 50.9 Å². The van der Waals surface area contributed by atoms with Crippen LogP contribution >= 0.6 is 0 Å². The van der Waals surface area contributed by atoms with E-state index in [4.69, 9.17) is 0 Å². The lowest BCUT2D eigenvalue weighted by Gasteiger charge is -2.29. The van der Waals surface area contributed by atoms with Gasteiger partial charge in [-0.15, -0.1) is 0 Å². The van der Waals surface area contributed by atoms with Gasteiger partial charge in [0.05, 0.1) is 0 Å². The lowest BCUT2D eigenvalue weighted by molar-refractivity contribution is -0.0899. The molecule has 0 bridgehead atoms. The lowest BCUT2D eigenvalue weighted by Crippen LogP contribution is -2.32. The molecule has 0 aromatic heterocycles. The van der Waals surface area contributed by atoms with Crippen molar-refractivity contribution in [1.82, 2.24) is 0 Å². The summed E-state index contributed by atoms with van der Waals surface area (Å²) in [6.45, 7) is 0. The maximum absolute atomic E-state index is 13.5. The minimum absolute atomic E-state index is 0.249. The molecule has 2 aliphatic carbocycles. The van der Waals surface area contributed by atoms with Crippen molar-refractivity contribution in [3.8, 4) is 0 Å². The molecule has 2 saturated carbocycles. The predicted molar refractivity (Wildman–Crippen MR) is 44.2 cm³/mol. The van der Waals surface area contributed by atoms with Crippen molar-refractivity contribution >= 4 is 0 Å². The molecule has 70 valence electrons. The zero-order valence-electron chi connectivity index (χ0n) is 7.36. The van der Waals surface area contributed by atoms with Gasteiger partial charge in [0.15, 0.2) is 0 Å². The molecule has 0 radical (unpaired) electrons. The first-order valence-electron chi connectivity index (χ1n) is 5.09. The molecule has 0 saturated heterocycles. The summed E-state index contributed by atoms with van der Waals surface area (Å²) in [7, 11) is 0. The molecular formula is C10H16F2. The van der Waals surface area contributed by atoms with Crippen LogP contribution in [0.4, 0.5) is 8.78 Å². The van der Waals surface area contributed by atoms with Crippen LogP contribution in [-0.4, -0.2) is 5.92 Å². The van der Waals surface area contributed by atoms with Gasteiger partial charge < -0.3 is 0 Å². The van der Waals surface area contributed by atoms with Gasteiger partial charge in [-0.25, -0.2) is 8.78 Å². The molecule has 2 heteroatoms. The van der Waals surface area contributed by atoms with Crippen LogP contribution in [0.15, 0.2) is 0 Å². The highest BCUT2D eigenvalue weighted by Gasteiger charge is 2.51. The highest BCUT2D eigenvalue weighted by molar-refractivity contribution is 4.92. The third-order valence-corrected chi connectivity index (χ3v) is 3.27. The molecule has 0 spiro atoms. The van der Waals surface area contributed by atoms with Crippen molar-refractivity contribution < 1.29 is 8.78 Å². The Labute approximate surface area is 72.3 Å². The summed E-state index contributed by atoms with van der Waals surface area (Å²) in [5.74, 6) is -2.85. The number of hydrogen-bond donors (Lipinski definition) is 0. The fourth-order valence-electron chi connectivity index (χ4n) is 2.29. The molecule has 0 atom stereocenters. The lowest BCUT2D eigenvalue weighted by atomic mass is 9.83. The number of alkyl halides is 2. The molecule has 2 fully saturated rings. The molecule has 12 heavy (non-hydrogen) atoms. The zero-order chi connectivity index (χ0) is 8.60. The Bertz CT molecular complexity index is 155. The molecule has 0 aliphatic heterocycles. The Morgan fingerprint density at radius 2 is 1.25 bits per heavy atom. The predicted octanol–water partition coefficient (Wildman–Crippen LogP) is 3.61. The summed E-state index contributed by atoms with van der Waals surface area (Å²) < 4.78 is 27.0. The standard InChI is InChI=1S/C10H16F2/c11-10(12,9-6-7-9)8-4-2-1-3-5-8/h8-9H,1-7H2. The van der Waals surface area contributed by atoms with Gasteiger partial charge in [-0.05, 0) is 25.7 Å². The molecule has 0 nitrogen and oxygen atoms in total. The molecule has 2 rings (SSSR count). The second-order valence-electron chi connectivity index (χ2n) is 4.28. The van der Waals surface area contributed by atoms with E-state index in [-0.39, 0.29) is 11.8 Å². The Balaban J connectivity index is 1.95. The van der Waals surface area contributed by atoms with Gasteiger partial charge in [-0.1, -0.05) is 19.3 Å². The van der Waals surface area contributed by atoms with Gasteiger partial charge in [-0.2, -0.15) is 0 Å². The highest BCUT2D eigenvalue weighted by Crippen LogP contribution is 2.50. The van der Waals surface area contributed by atoms with Crippen LogP contribution in [0.2, 0.25) is 0 Å². The first kappa shape index (κ1) is 8.46. The second-order valence-corrected chi connectivity index (χ2v) is 4.28. The monoisotopic (exact) mass is 174 g/mol. The first-order chi connectivity index (χ1) is 5.71. The maximum atomic E-state index is 13.5. The smallest absolute Gasteiger partial charge is 0.206 e. The van der Waals surface area contributed by atoms with E-state index >= 15 is 0 Å². The molecular weight excluding hydrogens is 158 g/mol. The van der Waals surface area contributed by atoms with Gasteiger partial charge in [0, 0.05) is 11.8 Å². The third-order valence-electron chi connectivity index (χ3n) is 3.27. The van der Waals surface area contributed by atoms with Crippen LogP contribution in [0.5, 0.6) is 0 Å². The molecule has 0 aromatic rings. The summed E-state index contributed by atoms with van der Waals surface area (Å²) in [6.07, 6.45) is 6.27. The van der Waals surface area contributed by atoms with Crippen LogP contribution in [-0.2, 0) is 0 Å². The minimum Gasteiger partial charge on any atom is -0.206 e. The van der Waals surface area contributed by atoms with Crippen molar-refractivity contribution in [1.29, 1.82) is 0 Å². The largest absolute Gasteiger partial charge is 0.253 e. The van der Waals surface area contributed by atoms with Gasteiger partial charge >= 0.3 is 0 Å². The Kier molecular flexibility index (Phi) is 2.09. The Morgan fingerprint density at radius 1 is 0.750 bits per heavy atom. The summed E-state index contributed by atoms with van der Waals surface area (Å²) in [5, 5.41) is 0. The summed E-state index contributed by atoms with van der Waals surface area (Å²) >= 11 is 0. The van der Waals surface area contributed by atoms with Crippen molar-refractivity contribution in [3.05, 3.63) is 0 Å². The zero-order valence-corrected chi connectivity index (χ0v) is 7.36. The van der Waals surface area contributed by atoms with E-state index in [1.807, 2.05) is 0 Å². The molecule has 0 amide bonds. The Hall–Kier alpha value is -0.140. The second kappa shape index (κ2) is 2.97. The molecule has 0 N–H and O–H groups in total. The maximum Gasteiger partial charge on any atom is 0.253 e. The van der Waals surface area contributed by atoms with E-state index < -0.39 is 5.92 Å². The number of rotatable bonds is 2. The van der Waals surface area contributed by atoms with E-state index in [1.165, 1.54) is 0 Å². The van der Waals surface area contributed by atoms with E-state index in [1.54, 1.807) is 0 Å². The van der Waals surface area contributed by atoms with Gasteiger partial charge in [0.25, 0.3) is 5.92 Å². The molecule has 0 unspecified atom stereocenters. The highest BCUT2D eigenvalue weighted by atomic mass is 19.3. The van der Waals surface area contributed by atoms with Crippen molar-refractivity contribution in [2.75, 3.05) is 0 Å². The van der Waals surface area contributed by atoms with Crippen LogP contribution < -0.4 is 0 Å². The molecule has 2 aliphatic rings. The summed E-state index contributed by atoms with van der Waals surface area (Å²) in [5.41, 5.74) is 0. The fourth-order valence-corrected chi connectivity index (χ4v) is 2.29. The van der Waals surface area contributed by atoms with Crippen molar-refractivity contribution in [3.63, 3.8) is 0 Å². The molecule has 0 aromatic carbocycles. The van der Waals surface area contributed by atoms with Crippen LogP contribution in [0.1, 0.15) is 44.9 Å². The van der Waals surface area contributed by atoms with E-state index in [2.05, 4.69) is 0 Å². The minimum atomic E-state index is -2.32. The van der Waals surface area contributed by atoms with E-state index in [9.17, 15) is 8.78 Å². The third kappa shape index (κ3) is 1.48. The number of halogens is 2. The Morgan fingerprint density at radius 3 is 1.75 bits per heavy atom. The van der Waals surface area contributed by atoms with E-state index in [0.29, 0.717) is 0 Å². The van der Waals surface area contributed by atoms with Gasteiger partial charge in [0.2, 0.25) is 0 Å². The van der Waals surface area contributed by atoms with Gasteiger partial charge in [-0.3, -0.25) is 0 Å². The SMILES string of the molecule is FC(F)(C1CCCCC1)C1CC1. The number of hydrogen-bond acceptors (Lipinski definition) is 0. The van der Waals surface area contributed by atoms with E-state index in [0.717, 1.165) is 44.9 Å². The van der Waals surface area contributed by atoms with Gasteiger partial charge in [0.1, 0.15) is 0 Å². The summed E-state index contributed by atoms with van der Waals surface area (Å²) in [6, 6.07) is 0. The quantitative estimate of drug-likeness (QED) is 0.600. The first-order valence-corrected chi connectivity index (χ1v) is 5.09. The van der Waals surface area contributed by atoms with Crippen LogP contribution in [0.25, 0.3) is 0 Å². The normalized spacial score (nSPS) is 27.5. The van der Waals surface area contributed by atoms with Crippen LogP contribution in [0, 0.1) is 11.8 Å². The molecule has 0 heterocycles.